The van der Waals surface area contributed by atoms with Gasteiger partial charge in [-0.3, -0.25) is 14.9 Å². The van der Waals surface area contributed by atoms with Gasteiger partial charge in [-0.25, -0.2) is 0 Å². The summed E-state index contributed by atoms with van der Waals surface area (Å²) in [5.41, 5.74) is 2.31. The maximum Gasteiger partial charge on any atom is 0.260 e. The number of nitrogens with one attached hydrogen (secondary N) is 2. The third-order valence-electron chi connectivity index (χ3n) is 3.78. The van der Waals surface area contributed by atoms with Crippen LogP contribution in [0.15, 0.2) is 48.7 Å². The Balaban J connectivity index is 1.70. The molecule has 0 unspecified atom stereocenters. The minimum absolute atomic E-state index is 0.158. The first kappa shape index (κ1) is 15.6. The summed E-state index contributed by atoms with van der Waals surface area (Å²) in [5, 5.41) is 24.1. The summed E-state index contributed by atoms with van der Waals surface area (Å²) < 4.78 is 0. The van der Waals surface area contributed by atoms with Crippen molar-refractivity contribution in [1.29, 1.82) is 0 Å². The number of amides is 2. The topological polar surface area (TPSA) is 98.7 Å². The quantitative estimate of drug-likeness (QED) is 0.296. The summed E-state index contributed by atoms with van der Waals surface area (Å²) in [4.78, 5) is 23.8. The van der Waals surface area contributed by atoms with Crippen molar-refractivity contribution in [3.8, 4) is 11.5 Å². The van der Waals surface area contributed by atoms with Crippen molar-refractivity contribution in [3.63, 3.8) is 0 Å². The number of fused-ring (bicyclic) bond motifs is 1. The van der Waals surface area contributed by atoms with Gasteiger partial charge in [-0.05, 0) is 30.2 Å². The maximum absolute atomic E-state index is 12.0. The van der Waals surface area contributed by atoms with Crippen LogP contribution in [0.1, 0.15) is 21.5 Å². The zero-order valence-electron chi connectivity index (χ0n) is 12.7. The zero-order chi connectivity index (χ0) is 17.1. The molecule has 24 heavy (non-hydrogen) atoms. The molecule has 0 atom stereocenters. The largest absolute Gasteiger partial charge is 0.504 e. The Hall–Kier alpha value is -3.28. The highest BCUT2D eigenvalue weighted by atomic mass is 16.3. The Morgan fingerprint density at radius 2 is 1.71 bits per heavy atom. The third-order valence-corrected chi connectivity index (χ3v) is 3.78. The Morgan fingerprint density at radius 3 is 2.46 bits per heavy atom. The molecule has 3 rings (SSSR count). The number of carbonyl (C=O) groups is 2. The summed E-state index contributed by atoms with van der Waals surface area (Å²) in [5.74, 6) is -1.15. The fourth-order valence-electron chi connectivity index (χ4n) is 2.53. The lowest BCUT2D eigenvalue weighted by atomic mass is 9.96. The van der Waals surface area contributed by atoms with E-state index < -0.39 is 11.8 Å². The molecule has 0 radical (unpaired) electrons. The number of hydrogen-bond acceptors (Lipinski definition) is 5. The fourth-order valence-corrected chi connectivity index (χ4v) is 2.53. The van der Waals surface area contributed by atoms with Crippen molar-refractivity contribution >= 4 is 17.4 Å². The van der Waals surface area contributed by atoms with Crippen LogP contribution in [0.4, 0.5) is 0 Å². The van der Waals surface area contributed by atoms with Gasteiger partial charge in [-0.2, -0.15) is 0 Å². The van der Waals surface area contributed by atoms with Crippen LogP contribution in [0.3, 0.4) is 0 Å². The second-order valence-corrected chi connectivity index (χ2v) is 5.41. The average molecular weight is 324 g/mol. The lowest BCUT2D eigenvalue weighted by Crippen LogP contribution is -2.37. The van der Waals surface area contributed by atoms with Gasteiger partial charge in [0.05, 0.1) is 5.57 Å². The first-order chi connectivity index (χ1) is 11.6. The van der Waals surface area contributed by atoms with Gasteiger partial charge >= 0.3 is 0 Å². The molecular formula is C18H16N2O4. The first-order valence-electron chi connectivity index (χ1n) is 7.46. The Labute approximate surface area is 138 Å². The van der Waals surface area contributed by atoms with Crippen LogP contribution in [0.2, 0.25) is 0 Å². The van der Waals surface area contributed by atoms with Gasteiger partial charge < -0.3 is 15.5 Å². The van der Waals surface area contributed by atoms with E-state index in [1.165, 1.54) is 12.1 Å². The highest BCUT2D eigenvalue weighted by Gasteiger charge is 2.26. The minimum atomic E-state index is -0.437. The van der Waals surface area contributed by atoms with Gasteiger partial charge in [0.1, 0.15) is 0 Å². The van der Waals surface area contributed by atoms with Crippen molar-refractivity contribution < 1.29 is 19.8 Å². The van der Waals surface area contributed by atoms with Crippen molar-refractivity contribution in [1.82, 2.24) is 10.6 Å². The molecule has 0 aromatic heterocycles. The normalized spacial score (nSPS) is 15.1. The number of aromatic hydroxyl groups is 2. The molecule has 1 aliphatic rings. The van der Waals surface area contributed by atoms with E-state index in [1.807, 2.05) is 0 Å². The van der Waals surface area contributed by atoms with Gasteiger partial charge in [0.25, 0.3) is 11.8 Å². The van der Waals surface area contributed by atoms with E-state index in [1.54, 1.807) is 36.5 Å². The number of rotatable bonds is 4. The number of hydrogen-bond donors (Lipinski definition) is 4. The Kier molecular flexibility index (Phi) is 4.20. The van der Waals surface area contributed by atoms with Crippen LogP contribution in [0.25, 0.3) is 5.57 Å². The molecule has 0 fully saturated rings. The fraction of sp³-hybridized carbons (Fsp3) is 0.111. The zero-order valence-corrected chi connectivity index (χ0v) is 12.7. The van der Waals surface area contributed by atoms with Crippen LogP contribution in [-0.4, -0.2) is 28.6 Å². The molecule has 6 heteroatoms. The summed E-state index contributed by atoms with van der Waals surface area (Å²) in [6, 6.07) is 11.6. The summed E-state index contributed by atoms with van der Waals surface area (Å²) in [6.45, 7) is 0.525. The molecule has 1 aliphatic heterocycles. The SMILES string of the molecule is O=C1NC(=O)c2ccccc2/C1=C\NCCc1ccc(O)c(O)c1. The molecule has 4 N–H and O–H groups in total. The molecule has 2 aromatic carbocycles. The predicted molar refractivity (Wildman–Crippen MR) is 88.4 cm³/mol. The van der Waals surface area contributed by atoms with Gasteiger partial charge in [0, 0.05) is 23.9 Å². The van der Waals surface area contributed by atoms with Crippen molar-refractivity contribution in [2.24, 2.45) is 0 Å². The molecule has 1 heterocycles. The van der Waals surface area contributed by atoms with E-state index >= 15 is 0 Å². The van der Waals surface area contributed by atoms with Crippen LogP contribution in [0.5, 0.6) is 11.5 Å². The van der Waals surface area contributed by atoms with E-state index in [2.05, 4.69) is 10.6 Å². The molecule has 122 valence electrons. The van der Waals surface area contributed by atoms with Crippen LogP contribution in [0, 0.1) is 0 Å². The van der Waals surface area contributed by atoms with E-state index in [-0.39, 0.29) is 11.5 Å². The van der Waals surface area contributed by atoms with E-state index in [4.69, 9.17) is 0 Å². The molecule has 0 bridgehead atoms. The van der Waals surface area contributed by atoms with Gasteiger partial charge in [0.2, 0.25) is 0 Å². The Bertz CT molecular complexity index is 843. The average Bonchev–Trinajstić information content (AvgIpc) is 2.57. The summed E-state index contributed by atoms with van der Waals surface area (Å²) in [7, 11) is 0. The molecule has 0 spiro atoms. The second kappa shape index (κ2) is 6.45. The Morgan fingerprint density at radius 1 is 0.958 bits per heavy atom. The van der Waals surface area contributed by atoms with E-state index in [0.29, 0.717) is 29.7 Å². The smallest absolute Gasteiger partial charge is 0.260 e. The molecule has 2 amide bonds. The molecule has 6 nitrogen and oxygen atoms in total. The van der Waals surface area contributed by atoms with Gasteiger partial charge in [0.15, 0.2) is 11.5 Å². The number of imide groups is 1. The lowest BCUT2D eigenvalue weighted by molar-refractivity contribution is -0.114. The highest BCUT2D eigenvalue weighted by molar-refractivity contribution is 6.30. The second-order valence-electron chi connectivity index (χ2n) is 5.41. The molecule has 0 saturated heterocycles. The van der Waals surface area contributed by atoms with Crippen molar-refractivity contribution in [3.05, 3.63) is 65.4 Å². The summed E-state index contributed by atoms with van der Waals surface area (Å²) in [6.07, 6.45) is 2.18. The number of carbonyl (C=O) groups excluding carboxylic acids is 2. The van der Waals surface area contributed by atoms with Crippen LogP contribution in [-0.2, 0) is 11.2 Å². The van der Waals surface area contributed by atoms with Crippen LogP contribution < -0.4 is 10.6 Å². The van der Waals surface area contributed by atoms with Gasteiger partial charge in [-0.1, -0.05) is 24.3 Å². The highest BCUT2D eigenvalue weighted by Crippen LogP contribution is 2.25. The number of benzene rings is 2. The number of phenols is 2. The summed E-state index contributed by atoms with van der Waals surface area (Å²) >= 11 is 0. The van der Waals surface area contributed by atoms with Crippen molar-refractivity contribution in [2.75, 3.05) is 6.54 Å². The van der Waals surface area contributed by atoms with Crippen molar-refractivity contribution in [2.45, 2.75) is 6.42 Å². The molecule has 2 aromatic rings. The number of phenolic OH excluding ortho intramolecular Hbond substituents is 2. The first-order valence-corrected chi connectivity index (χ1v) is 7.46. The van der Waals surface area contributed by atoms with E-state index in [9.17, 15) is 19.8 Å². The lowest BCUT2D eigenvalue weighted by Gasteiger charge is -2.18. The molecular weight excluding hydrogens is 308 g/mol. The predicted octanol–water partition coefficient (Wildman–Crippen LogP) is 1.54. The van der Waals surface area contributed by atoms with Gasteiger partial charge in [-0.15, -0.1) is 0 Å². The standard InChI is InChI=1S/C18H16N2O4/c21-15-6-5-11(9-16(15)22)7-8-19-10-14-12-3-1-2-4-13(12)17(23)20-18(14)24/h1-6,9-10,19,21-22H,7-8H2,(H,20,23,24)/b14-10+. The molecule has 0 saturated carbocycles. The monoisotopic (exact) mass is 324 g/mol. The molecule has 0 aliphatic carbocycles. The maximum atomic E-state index is 12.0. The third kappa shape index (κ3) is 3.08. The van der Waals surface area contributed by atoms with E-state index in [0.717, 1.165) is 5.56 Å². The van der Waals surface area contributed by atoms with Crippen LogP contribution >= 0.6 is 0 Å². The minimum Gasteiger partial charge on any atom is -0.504 e.